The fourth-order valence-electron chi connectivity index (χ4n) is 3.18. The van der Waals surface area contributed by atoms with Crippen molar-refractivity contribution in [2.75, 3.05) is 25.5 Å². The predicted molar refractivity (Wildman–Crippen MR) is 107 cm³/mol. The fourth-order valence-corrected chi connectivity index (χ4v) is 5.15. The Kier molecular flexibility index (Phi) is 6.55. The van der Waals surface area contributed by atoms with Gasteiger partial charge in [0.25, 0.3) is 0 Å². The highest BCUT2D eigenvalue weighted by Crippen LogP contribution is 2.31. The van der Waals surface area contributed by atoms with Crippen molar-refractivity contribution in [1.82, 2.24) is 4.31 Å². The van der Waals surface area contributed by atoms with Crippen LogP contribution in [-0.4, -0.2) is 38.8 Å². The third-order valence-corrected chi connectivity index (χ3v) is 7.17. The number of carbonyl (C=O) groups is 1. The Labute approximate surface area is 176 Å². The summed E-state index contributed by atoms with van der Waals surface area (Å²) >= 11 is 3.15. The second-order valence-corrected chi connectivity index (χ2v) is 9.41. The first-order chi connectivity index (χ1) is 13.7. The molecular formula is C19H19BrF2N2O4S. The molecule has 2 aromatic carbocycles. The van der Waals surface area contributed by atoms with Gasteiger partial charge in [-0.3, -0.25) is 4.79 Å². The minimum absolute atomic E-state index is 0.0528. The Morgan fingerprint density at radius 3 is 2.48 bits per heavy atom. The molecule has 156 valence electrons. The molecule has 0 aliphatic carbocycles. The zero-order chi connectivity index (χ0) is 21.2. The molecule has 0 atom stereocenters. The van der Waals surface area contributed by atoms with Crippen LogP contribution in [0.5, 0.6) is 5.75 Å². The number of hydrogen-bond donors (Lipinski definition) is 1. The van der Waals surface area contributed by atoms with Crippen molar-refractivity contribution < 1.29 is 26.7 Å². The molecule has 6 nitrogen and oxygen atoms in total. The van der Waals surface area contributed by atoms with E-state index in [0.29, 0.717) is 4.47 Å². The quantitative estimate of drug-likeness (QED) is 0.694. The highest BCUT2D eigenvalue weighted by atomic mass is 79.9. The van der Waals surface area contributed by atoms with E-state index in [0.717, 1.165) is 12.1 Å². The number of nitrogens with zero attached hydrogens (tertiary/aromatic N) is 1. The summed E-state index contributed by atoms with van der Waals surface area (Å²) in [6, 6.07) is 7.61. The molecule has 2 aromatic rings. The normalized spacial score (nSPS) is 15.9. The Morgan fingerprint density at radius 2 is 1.86 bits per heavy atom. The molecule has 29 heavy (non-hydrogen) atoms. The van der Waals surface area contributed by atoms with Gasteiger partial charge in [0.05, 0.1) is 12.8 Å². The molecule has 0 spiro atoms. The third kappa shape index (κ3) is 4.76. The van der Waals surface area contributed by atoms with Gasteiger partial charge in [-0.05, 0) is 49.2 Å². The van der Waals surface area contributed by atoms with Gasteiger partial charge < -0.3 is 10.1 Å². The van der Waals surface area contributed by atoms with Crippen molar-refractivity contribution in [3.8, 4) is 5.75 Å². The number of anilines is 1. The maximum Gasteiger partial charge on any atom is 0.246 e. The van der Waals surface area contributed by atoms with Gasteiger partial charge in [-0.15, -0.1) is 0 Å². The molecule has 1 amide bonds. The van der Waals surface area contributed by atoms with Crippen LogP contribution in [0, 0.1) is 17.6 Å². The molecule has 0 unspecified atom stereocenters. The number of piperidine rings is 1. The molecule has 1 saturated heterocycles. The number of methoxy groups -OCH3 is 1. The molecule has 0 bridgehead atoms. The first-order valence-electron chi connectivity index (χ1n) is 8.82. The lowest BCUT2D eigenvalue weighted by atomic mass is 9.97. The van der Waals surface area contributed by atoms with Gasteiger partial charge in [-0.25, -0.2) is 17.2 Å². The number of halogens is 3. The Balaban J connectivity index is 1.68. The summed E-state index contributed by atoms with van der Waals surface area (Å²) in [5, 5.41) is 2.55. The van der Waals surface area contributed by atoms with E-state index in [2.05, 4.69) is 21.2 Å². The fraction of sp³-hybridized carbons (Fsp3) is 0.316. The Hall–Kier alpha value is -2.04. The molecule has 1 aliphatic heterocycles. The number of rotatable bonds is 5. The van der Waals surface area contributed by atoms with Gasteiger partial charge in [-0.2, -0.15) is 4.31 Å². The minimum Gasteiger partial charge on any atom is -0.495 e. The smallest absolute Gasteiger partial charge is 0.246 e. The summed E-state index contributed by atoms with van der Waals surface area (Å²) in [6.07, 6.45) is 0.529. The second-order valence-electron chi connectivity index (χ2n) is 6.59. The van der Waals surface area contributed by atoms with Crippen molar-refractivity contribution >= 4 is 37.5 Å². The van der Waals surface area contributed by atoms with Crippen LogP contribution in [-0.2, 0) is 14.8 Å². The van der Waals surface area contributed by atoms with Crippen molar-refractivity contribution in [3.05, 3.63) is 52.5 Å². The van der Waals surface area contributed by atoms with Crippen molar-refractivity contribution in [2.24, 2.45) is 5.92 Å². The zero-order valence-corrected chi connectivity index (χ0v) is 17.9. The third-order valence-electron chi connectivity index (χ3n) is 4.76. The van der Waals surface area contributed by atoms with E-state index in [9.17, 15) is 22.0 Å². The maximum atomic E-state index is 13.9. The van der Waals surface area contributed by atoms with Crippen LogP contribution >= 0.6 is 15.9 Å². The van der Waals surface area contributed by atoms with Crippen molar-refractivity contribution in [1.29, 1.82) is 0 Å². The Bertz CT molecular complexity index is 1020. The summed E-state index contributed by atoms with van der Waals surface area (Å²) in [4.78, 5) is 12.2. The molecule has 0 radical (unpaired) electrons. The Morgan fingerprint density at radius 1 is 1.17 bits per heavy atom. The number of amides is 1. The van der Waals surface area contributed by atoms with Crippen LogP contribution in [0.3, 0.4) is 0 Å². The van der Waals surface area contributed by atoms with Crippen molar-refractivity contribution in [2.45, 2.75) is 17.7 Å². The molecule has 10 heteroatoms. The number of ether oxygens (including phenoxy) is 1. The van der Waals surface area contributed by atoms with E-state index >= 15 is 0 Å². The lowest BCUT2D eigenvalue weighted by molar-refractivity contribution is -0.120. The van der Waals surface area contributed by atoms with Crippen LogP contribution < -0.4 is 10.1 Å². The molecular weight excluding hydrogens is 470 g/mol. The number of benzene rings is 2. The molecule has 1 heterocycles. The SMILES string of the molecule is COc1ccc(F)cc1S(=O)(=O)N1CCC(C(=O)Nc2ccc(Br)cc2F)CC1. The molecule has 3 rings (SSSR count). The van der Waals surface area contributed by atoms with E-state index < -0.39 is 27.6 Å². The van der Waals surface area contributed by atoms with Gasteiger partial charge in [-0.1, -0.05) is 15.9 Å². The van der Waals surface area contributed by atoms with E-state index in [1.165, 1.54) is 29.6 Å². The highest BCUT2D eigenvalue weighted by Gasteiger charge is 2.34. The summed E-state index contributed by atoms with van der Waals surface area (Å²) in [5.41, 5.74) is 0.0674. The topological polar surface area (TPSA) is 75.7 Å². The van der Waals surface area contributed by atoms with Gasteiger partial charge >= 0.3 is 0 Å². The standard InChI is InChI=1S/C19H19BrF2N2O4S/c1-28-17-5-3-14(21)11-18(17)29(26,27)24-8-6-12(7-9-24)19(25)23-16-4-2-13(20)10-15(16)22/h2-5,10-12H,6-9H2,1H3,(H,23,25). The molecule has 0 saturated carbocycles. The number of nitrogens with one attached hydrogen (secondary N) is 1. The van der Waals surface area contributed by atoms with E-state index in [-0.39, 0.29) is 48.2 Å². The van der Waals surface area contributed by atoms with Crippen LogP contribution in [0.2, 0.25) is 0 Å². The van der Waals surface area contributed by atoms with E-state index in [1.54, 1.807) is 6.07 Å². The van der Waals surface area contributed by atoms with Crippen LogP contribution in [0.15, 0.2) is 45.8 Å². The molecule has 1 fully saturated rings. The summed E-state index contributed by atoms with van der Waals surface area (Å²) < 4.78 is 60.1. The van der Waals surface area contributed by atoms with Gasteiger partial charge in [0.15, 0.2) is 0 Å². The monoisotopic (exact) mass is 488 g/mol. The van der Waals surface area contributed by atoms with E-state index in [1.807, 2.05) is 0 Å². The highest BCUT2D eigenvalue weighted by molar-refractivity contribution is 9.10. The maximum absolute atomic E-state index is 13.9. The van der Waals surface area contributed by atoms with Crippen LogP contribution in [0.1, 0.15) is 12.8 Å². The number of hydrogen-bond acceptors (Lipinski definition) is 4. The first-order valence-corrected chi connectivity index (χ1v) is 11.1. The van der Waals surface area contributed by atoms with Crippen molar-refractivity contribution in [3.63, 3.8) is 0 Å². The minimum atomic E-state index is -3.98. The van der Waals surface area contributed by atoms with Gasteiger partial charge in [0.2, 0.25) is 15.9 Å². The molecule has 1 N–H and O–H groups in total. The lowest BCUT2D eigenvalue weighted by Crippen LogP contribution is -2.41. The largest absolute Gasteiger partial charge is 0.495 e. The van der Waals surface area contributed by atoms with Gasteiger partial charge in [0, 0.05) is 23.5 Å². The summed E-state index contributed by atoms with van der Waals surface area (Å²) in [7, 11) is -2.67. The lowest BCUT2D eigenvalue weighted by Gasteiger charge is -2.30. The summed E-state index contributed by atoms with van der Waals surface area (Å²) in [6.45, 7) is 0.172. The zero-order valence-electron chi connectivity index (χ0n) is 15.5. The van der Waals surface area contributed by atoms with Gasteiger partial charge in [0.1, 0.15) is 22.3 Å². The predicted octanol–water partition coefficient (Wildman–Crippen LogP) is 3.78. The number of carbonyl (C=O) groups excluding carboxylic acids is 1. The van der Waals surface area contributed by atoms with Crippen LogP contribution in [0.25, 0.3) is 0 Å². The first kappa shape index (κ1) is 21.7. The van der Waals surface area contributed by atoms with Crippen LogP contribution in [0.4, 0.5) is 14.5 Å². The average molecular weight is 489 g/mol. The summed E-state index contributed by atoms with van der Waals surface area (Å²) in [5.74, 6) is -2.02. The molecule has 0 aromatic heterocycles. The number of sulfonamides is 1. The second kappa shape index (κ2) is 8.76. The molecule has 1 aliphatic rings. The average Bonchev–Trinajstić information content (AvgIpc) is 2.70. The van der Waals surface area contributed by atoms with E-state index in [4.69, 9.17) is 4.74 Å².